The lowest BCUT2D eigenvalue weighted by Gasteiger charge is -2.07. The molecule has 0 fully saturated rings. The number of benzene rings is 4. The molecule has 0 aliphatic carbocycles. The Labute approximate surface area is 226 Å². The molecule has 190 valence electrons. The average Bonchev–Trinajstić information content (AvgIpc) is 2.83. The Morgan fingerprint density at radius 3 is 1.81 bits per heavy atom. The monoisotopic (exact) mass is 650 g/mol. The van der Waals surface area contributed by atoms with E-state index in [0.717, 1.165) is 20.1 Å². The minimum atomic E-state index is -4.38. The number of hydrogen-bond donors (Lipinski definition) is 2. The van der Waals surface area contributed by atoms with E-state index in [1.165, 1.54) is 30.3 Å². The van der Waals surface area contributed by atoms with Crippen LogP contribution in [0.2, 0.25) is 0 Å². The molecule has 0 spiro atoms. The van der Waals surface area contributed by atoms with Gasteiger partial charge in [0.05, 0.1) is 32.5 Å². The molecule has 0 atom stereocenters. The molecule has 0 unspecified atom stereocenters. The maximum atomic E-state index is 11.6. The Morgan fingerprint density at radius 1 is 0.622 bits per heavy atom. The van der Waals surface area contributed by atoms with Crippen LogP contribution in [-0.2, 0) is 20.2 Å². The quantitative estimate of drug-likeness (QED) is 0.126. The Balaban J connectivity index is 1.67. The van der Waals surface area contributed by atoms with Gasteiger partial charge in [-0.2, -0.15) is 32.2 Å². The van der Waals surface area contributed by atoms with Crippen LogP contribution in [0, 0.1) is 17.4 Å². The van der Waals surface area contributed by atoms with Gasteiger partial charge in [0.2, 0.25) is 0 Å². The highest BCUT2D eigenvalue weighted by atomic mass is 127. The third-order valence-corrected chi connectivity index (χ3v) is 8.02. The van der Waals surface area contributed by atoms with Crippen LogP contribution < -0.4 is 0 Å². The van der Waals surface area contributed by atoms with Crippen molar-refractivity contribution >= 4 is 76.3 Å². The maximum Gasteiger partial charge on any atom is 0.294 e. The fourth-order valence-electron chi connectivity index (χ4n) is 3.45. The minimum absolute atomic E-state index is 0.234. The topological polar surface area (TPSA) is 158 Å². The van der Waals surface area contributed by atoms with Crippen LogP contribution in [0.1, 0.15) is 11.1 Å². The molecule has 13 heteroatoms. The standard InChI is InChI=1S/C24H19IN4O6S2/c1-14-11-24(15(2)10-23(14)28-26-16-4-3-5-17(12-16)36(30,31)32)29-27-22-9-8-21(25)19-7-6-18(13-20(19)22)37(33,34)35/h3-13H,1-2H3,(H,30,31,32)(H,33,34,35)/b28-26+,29-27+. The summed E-state index contributed by atoms with van der Waals surface area (Å²) in [4.78, 5) is -0.512. The van der Waals surface area contributed by atoms with E-state index in [4.69, 9.17) is 0 Å². The smallest absolute Gasteiger partial charge is 0.282 e. The Bertz CT molecular complexity index is 1820. The zero-order chi connectivity index (χ0) is 27.0. The van der Waals surface area contributed by atoms with Gasteiger partial charge in [0.25, 0.3) is 20.2 Å². The van der Waals surface area contributed by atoms with Crippen LogP contribution in [0.4, 0.5) is 22.7 Å². The van der Waals surface area contributed by atoms with Crippen molar-refractivity contribution in [2.45, 2.75) is 23.6 Å². The summed E-state index contributed by atoms with van der Waals surface area (Å²) in [5.41, 5.74) is 3.25. The first-order valence-electron chi connectivity index (χ1n) is 10.5. The van der Waals surface area contributed by atoms with Gasteiger partial charge in [-0.15, -0.1) is 5.11 Å². The van der Waals surface area contributed by atoms with Crippen LogP contribution in [0.3, 0.4) is 0 Å². The molecule has 4 rings (SSSR count). The van der Waals surface area contributed by atoms with Gasteiger partial charge in [-0.1, -0.05) is 12.1 Å². The molecular weight excluding hydrogens is 631 g/mol. The Kier molecular flexibility index (Phi) is 7.52. The molecule has 0 aliphatic heterocycles. The Hall–Kier alpha value is -3.11. The van der Waals surface area contributed by atoms with E-state index in [1.54, 1.807) is 37.3 Å². The van der Waals surface area contributed by atoms with Crippen molar-refractivity contribution in [3.63, 3.8) is 0 Å². The van der Waals surface area contributed by atoms with Crippen molar-refractivity contribution in [1.82, 2.24) is 0 Å². The molecule has 0 aromatic heterocycles. The second kappa shape index (κ2) is 10.3. The van der Waals surface area contributed by atoms with Crippen molar-refractivity contribution in [1.29, 1.82) is 0 Å². The number of rotatable bonds is 6. The maximum absolute atomic E-state index is 11.6. The molecule has 0 bridgehead atoms. The SMILES string of the molecule is Cc1cc(/N=N/c2ccc(I)c3ccc(S(=O)(=O)O)cc23)c(C)cc1/N=N/c1cccc(S(=O)(=O)O)c1. The predicted octanol–water partition coefficient (Wildman–Crippen LogP) is 7.39. The van der Waals surface area contributed by atoms with Crippen molar-refractivity contribution in [3.05, 3.63) is 81.4 Å². The third-order valence-electron chi connectivity index (χ3n) is 5.38. The van der Waals surface area contributed by atoms with E-state index in [-0.39, 0.29) is 15.5 Å². The van der Waals surface area contributed by atoms with Gasteiger partial charge in [0.1, 0.15) is 0 Å². The predicted molar refractivity (Wildman–Crippen MR) is 147 cm³/mol. The lowest BCUT2D eigenvalue weighted by molar-refractivity contribution is 0.481. The highest BCUT2D eigenvalue weighted by molar-refractivity contribution is 14.1. The minimum Gasteiger partial charge on any atom is -0.282 e. The van der Waals surface area contributed by atoms with Crippen LogP contribution in [-0.4, -0.2) is 25.9 Å². The fraction of sp³-hybridized carbons (Fsp3) is 0.0833. The fourth-order valence-corrected chi connectivity index (χ4v) is 5.13. The zero-order valence-corrected chi connectivity index (χ0v) is 23.2. The summed E-state index contributed by atoms with van der Waals surface area (Å²) >= 11 is 2.13. The van der Waals surface area contributed by atoms with E-state index in [2.05, 4.69) is 43.0 Å². The first-order chi connectivity index (χ1) is 17.3. The molecular formula is C24H19IN4O6S2. The number of azo groups is 2. The molecule has 37 heavy (non-hydrogen) atoms. The first kappa shape index (κ1) is 26.9. The zero-order valence-electron chi connectivity index (χ0n) is 19.4. The number of aryl methyl sites for hydroxylation is 2. The normalized spacial score (nSPS) is 12.7. The number of halogens is 1. The molecule has 0 saturated heterocycles. The van der Waals surface area contributed by atoms with Gasteiger partial charge in [0.15, 0.2) is 0 Å². The summed E-state index contributed by atoms with van der Waals surface area (Å²) in [7, 11) is -8.73. The van der Waals surface area contributed by atoms with E-state index < -0.39 is 20.2 Å². The van der Waals surface area contributed by atoms with E-state index in [9.17, 15) is 25.9 Å². The largest absolute Gasteiger partial charge is 0.294 e. The average molecular weight is 650 g/mol. The Morgan fingerprint density at radius 2 is 1.19 bits per heavy atom. The summed E-state index contributed by atoms with van der Waals surface area (Å²) in [5, 5.41) is 18.3. The van der Waals surface area contributed by atoms with Gasteiger partial charge in [0, 0.05) is 8.96 Å². The second-order valence-electron chi connectivity index (χ2n) is 8.05. The van der Waals surface area contributed by atoms with Gasteiger partial charge >= 0.3 is 0 Å². The van der Waals surface area contributed by atoms with Crippen molar-refractivity contribution in [2.75, 3.05) is 0 Å². The van der Waals surface area contributed by atoms with Gasteiger partial charge in [-0.25, -0.2) is 0 Å². The molecule has 0 amide bonds. The summed E-state index contributed by atoms with van der Waals surface area (Å²) in [5.74, 6) is 0. The molecule has 0 radical (unpaired) electrons. The van der Waals surface area contributed by atoms with Crippen molar-refractivity contribution < 1.29 is 25.9 Å². The number of fused-ring (bicyclic) bond motifs is 1. The molecule has 10 nitrogen and oxygen atoms in total. The second-order valence-corrected chi connectivity index (χ2v) is 12.1. The molecule has 0 heterocycles. The molecule has 0 aliphatic rings. The highest BCUT2D eigenvalue weighted by Gasteiger charge is 2.13. The summed E-state index contributed by atoms with van der Waals surface area (Å²) in [6.07, 6.45) is 0. The van der Waals surface area contributed by atoms with E-state index in [0.29, 0.717) is 22.4 Å². The number of hydrogen-bond acceptors (Lipinski definition) is 8. The van der Waals surface area contributed by atoms with Gasteiger partial charge in [-0.3, -0.25) is 9.11 Å². The van der Waals surface area contributed by atoms with Crippen LogP contribution >= 0.6 is 22.6 Å². The first-order valence-corrected chi connectivity index (χ1v) is 14.5. The third kappa shape index (κ3) is 6.24. The van der Waals surface area contributed by atoms with Gasteiger partial charge < -0.3 is 0 Å². The van der Waals surface area contributed by atoms with Crippen LogP contribution in [0.15, 0.2) is 97.0 Å². The van der Waals surface area contributed by atoms with Gasteiger partial charge in [-0.05, 0) is 108 Å². The number of nitrogens with zero attached hydrogens (tertiary/aromatic N) is 4. The molecule has 4 aromatic rings. The highest BCUT2D eigenvalue weighted by Crippen LogP contribution is 2.35. The lowest BCUT2D eigenvalue weighted by Crippen LogP contribution is -1.97. The summed E-state index contributed by atoms with van der Waals surface area (Å²) < 4.78 is 65.4. The molecule has 0 saturated carbocycles. The van der Waals surface area contributed by atoms with Crippen molar-refractivity contribution in [2.24, 2.45) is 20.5 Å². The lowest BCUT2D eigenvalue weighted by atomic mass is 10.1. The van der Waals surface area contributed by atoms with Crippen molar-refractivity contribution in [3.8, 4) is 0 Å². The summed E-state index contributed by atoms with van der Waals surface area (Å²) in [6, 6.07) is 16.8. The summed E-state index contributed by atoms with van der Waals surface area (Å²) in [6.45, 7) is 3.62. The van der Waals surface area contributed by atoms with E-state index in [1.807, 2.05) is 13.0 Å². The van der Waals surface area contributed by atoms with E-state index >= 15 is 0 Å². The van der Waals surface area contributed by atoms with Crippen LogP contribution in [0.5, 0.6) is 0 Å². The van der Waals surface area contributed by atoms with Crippen LogP contribution in [0.25, 0.3) is 10.8 Å². The molecule has 4 aromatic carbocycles. The molecule has 2 N–H and O–H groups in total.